The molecule has 0 saturated heterocycles. The molecule has 0 bridgehead atoms. The number of ketones is 1. The van der Waals surface area contributed by atoms with Crippen LogP contribution in [0.5, 0.6) is 0 Å². The summed E-state index contributed by atoms with van der Waals surface area (Å²) in [5, 5.41) is 29.2. The van der Waals surface area contributed by atoms with E-state index in [1.807, 2.05) is 7.05 Å². The molecular formula is C22H39GdN5O8S4+. The minimum atomic E-state index is -1.36. The first-order valence-corrected chi connectivity index (χ1v) is 17.1. The fourth-order valence-corrected chi connectivity index (χ4v) is 8.29. The summed E-state index contributed by atoms with van der Waals surface area (Å²) in [4.78, 5) is 62.3. The quantitative estimate of drug-likeness (QED) is 0.0398. The predicted molar refractivity (Wildman–Crippen MR) is 154 cm³/mol. The molecule has 0 aromatic heterocycles. The van der Waals surface area contributed by atoms with Crippen LogP contribution in [-0.2, 0) is 28.7 Å². The van der Waals surface area contributed by atoms with Crippen LogP contribution >= 0.6 is 43.2 Å². The molecule has 0 aliphatic rings. The summed E-state index contributed by atoms with van der Waals surface area (Å²) in [5.74, 6) is -2.04. The van der Waals surface area contributed by atoms with E-state index < -0.39 is 31.0 Å². The third-order valence-corrected chi connectivity index (χ3v) is 10.3. The number of ether oxygens (including phenoxy) is 1. The molecule has 1 amide bonds. The number of Topliss-reactive ketones (excluding diaryl/α,β-unsaturated/α-hetero) is 1. The zero-order chi connectivity index (χ0) is 29.5. The Hall–Kier alpha value is 0.115. The second-order valence-electron chi connectivity index (χ2n) is 8.17. The van der Waals surface area contributed by atoms with E-state index in [0.717, 1.165) is 17.4 Å². The van der Waals surface area contributed by atoms with Crippen LogP contribution in [0.3, 0.4) is 0 Å². The van der Waals surface area contributed by atoms with Crippen molar-refractivity contribution >= 4 is 72.8 Å². The standard InChI is InChI=1S/C22H41N5O8S4.Gd/c1-18(28)12-26(16-22(34)35-3)8-6-25(14-20(30)31)7-9-27(15-21(32)33)13-19(29)24-5-11-37-39-17-38-36-10-4-23-2;/h23H,4-17H2,1-3H3,(H,24,29)(H,30,31)(H,32,33);/q;+3/p-2. The zero-order valence-electron chi connectivity index (χ0n) is 23.0. The van der Waals surface area contributed by atoms with Gasteiger partial charge in [-0.25, -0.2) is 0 Å². The molecule has 13 nitrogen and oxygen atoms in total. The zero-order valence-corrected chi connectivity index (χ0v) is 28.5. The van der Waals surface area contributed by atoms with Crippen molar-refractivity contribution in [3.05, 3.63) is 0 Å². The SMILES string of the molecule is CNCCSSCSSCCNC(=O)CN(CCN(CCN(CC(C)=O)CC(=O)OC)CC(=O)[O-])CC(=O)[O-].[Gd+3]. The molecule has 0 saturated carbocycles. The molecule has 0 aliphatic heterocycles. The Morgan fingerprint density at radius 1 is 0.725 bits per heavy atom. The minimum absolute atomic E-state index is 0. The smallest absolute Gasteiger partial charge is 0.549 e. The third-order valence-electron chi connectivity index (χ3n) is 4.77. The van der Waals surface area contributed by atoms with Gasteiger partial charge in [0, 0.05) is 63.9 Å². The molecule has 0 rings (SSSR count). The van der Waals surface area contributed by atoms with Crippen LogP contribution in [0.25, 0.3) is 0 Å². The van der Waals surface area contributed by atoms with Crippen LogP contribution in [0.4, 0.5) is 0 Å². The first-order valence-electron chi connectivity index (χ1n) is 12.1. The Kier molecular flexibility index (Phi) is 29.5. The van der Waals surface area contributed by atoms with Crippen molar-refractivity contribution in [3.63, 3.8) is 0 Å². The average Bonchev–Trinajstić information content (AvgIpc) is 2.85. The van der Waals surface area contributed by atoms with Crippen molar-refractivity contribution in [2.75, 3.05) is 103 Å². The first-order chi connectivity index (χ1) is 18.6. The summed E-state index contributed by atoms with van der Waals surface area (Å²) in [5.41, 5.74) is 0. The Labute approximate surface area is 284 Å². The van der Waals surface area contributed by atoms with Crippen molar-refractivity contribution < 1.29 is 78.9 Å². The number of carboxylic acid groups (broad SMARTS) is 2. The number of carboxylic acids is 2. The van der Waals surface area contributed by atoms with Gasteiger partial charge in [-0.1, -0.05) is 43.2 Å². The predicted octanol–water partition coefficient (Wildman–Crippen LogP) is -2.79. The molecule has 40 heavy (non-hydrogen) atoms. The average molecular weight is 787 g/mol. The van der Waals surface area contributed by atoms with Gasteiger partial charge in [0.25, 0.3) is 0 Å². The van der Waals surface area contributed by atoms with Crippen LogP contribution < -0.4 is 20.8 Å². The van der Waals surface area contributed by atoms with Gasteiger partial charge in [0.05, 0.1) is 43.8 Å². The summed E-state index contributed by atoms with van der Waals surface area (Å²) < 4.78 is 4.63. The number of aliphatic carboxylic acids is 2. The van der Waals surface area contributed by atoms with E-state index in [2.05, 4.69) is 15.4 Å². The molecule has 18 heteroatoms. The maximum Gasteiger partial charge on any atom is 3.00 e. The number of hydrogen-bond acceptors (Lipinski definition) is 16. The van der Waals surface area contributed by atoms with Crippen molar-refractivity contribution in [2.24, 2.45) is 0 Å². The molecule has 0 spiro atoms. The van der Waals surface area contributed by atoms with E-state index in [-0.39, 0.29) is 97.4 Å². The number of rotatable bonds is 26. The fourth-order valence-electron chi connectivity index (χ4n) is 3.03. The van der Waals surface area contributed by atoms with E-state index in [9.17, 15) is 34.2 Å². The minimum Gasteiger partial charge on any atom is -0.549 e. The number of carbonyl (C=O) groups is 5. The summed E-state index contributed by atoms with van der Waals surface area (Å²) in [6.45, 7) is 1.99. The number of nitrogens with one attached hydrogen (secondary N) is 2. The van der Waals surface area contributed by atoms with E-state index in [1.165, 1.54) is 28.7 Å². The second kappa shape index (κ2) is 27.9. The van der Waals surface area contributed by atoms with Crippen molar-refractivity contribution in [2.45, 2.75) is 6.92 Å². The Morgan fingerprint density at radius 3 is 1.73 bits per heavy atom. The van der Waals surface area contributed by atoms with Crippen molar-refractivity contribution in [1.82, 2.24) is 25.3 Å². The maximum absolute atomic E-state index is 12.3. The number of esters is 1. The van der Waals surface area contributed by atoms with Crippen LogP contribution in [0.2, 0.25) is 0 Å². The van der Waals surface area contributed by atoms with E-state index in [1.54, 1.807) is 43.2 Å². The number of methoxy groups -OCH3 is 1. The van der Waals surface area contributed by atoms with Gasteiger partial charge in [-0.3, -0.25) is 29.1 Å². The van der Waals surface area contributed by atoms with Crippen LogP contribution in [-0.4, -0.2) is 147 Å². The van der Waals surface area contributed by atoms with Crippen LogP contribution in [0.15, 0.2) is 0 Å². The number of nitrogens with zero attached hydrogens (tertiary/aromatic N) is 3. The normalized spacial score (nSPS) is 10.9. The van der Waals surface area contributed by atoms with E-state index in [4.69, 9.17) is 0 Å². The largest absolute Gasteiger partial charge is 3.00 e. The Bertz CT molecular complexity index is 760. The Morgan fingerprint density at radius 2 is 1.23 bits per heavy atom. The number of amides is 1. The molecule has 0 aromatic carbocycles. The van der Waals surface area contributed by atoms with Gasteiger partial charge in [0.15, 0.2) is 0 Å². The summed E-state index contributed by atoms with van der Waals surface area (Å²) in [7, 11) is 10.0. The monoisotopic (exact) mass is 787 g/mol. The molecule has 231 valence electrons. The van der Waals surface area contributed by atoms with E-state index >= 15 is 0 Å². The molecular weight excluding hydrogens is 748 g/mol. The van der Waals surface area contributed by atoms with Gasteiger partial charge >= 0.3 is 45.9 Å². The topological polar surface area (TPSA) is 174 Å². The summed E-state index contributed by atoms with van der Waals surface area (Å²) >= 11 is 0. The van der Waals surface area contributed by atoms with Gasteiger partial charge in [0.1, 0.15) is 5.78 Å². The molecule has 0 fully saturated rings. The fraction of sp³-hybridized carbons (Fsp3) is 0.773. The molecule has 0 atom stereocenters. The number of hydrogen-bond donors (Lipinski definition) is 2. The van der Waals surface area contributed by atoms with Gasteiger partial charge in [0.2, 0.25) is 5.91 Å². The molecule has 0 aromatic rings. The number of carbonyl (C=O) groups excluding carboxylic acids is 5. The van der Waals surface area contributed by atoms with Crippen LogP contribution in [0.1, 0.15) is 6.92 Å². The van der Waals surface area contributed by atoms with Crippen molar-refractivity contribution in [1.29, 1.82) is 0 Å². The van der Waals surface area contributed by atoms with Gasteiger partial charge in [-0.2, -0.15) is 0 Å². The van der Waals surface area contributed by atoms with Gasteiger partial charge < -0.3 is 35.2 Å². The first kappa shape index (κ1) is 42.2. The molecule has 0 aliphatic carbocycles. The summed E-state index contributed by atoms with van der Waals surface area (Å²) in [6, 6.07) is 0. The van der Waals surface area contributed by atoms with Crippen LogP contribution in [0, 0.1) is 39.9 Å². The Balaban J connectivity index is 0. The summed E-state index contributed by atoms with van der Waals surface area (Å²) in [6.07, 6.45) is 0. The maximum atomic E-state index is 12.3. The van der Waals surface area contributed by atoms with E-state index in [0.29, 0.717) is 12.3 Å². The third kappa shape index (κ3) is 27.0. The second-order valence-corrected chi connectivity index (χ2v) is 13.7. The van der Waals surface area contributed by atoms with Gasteiger partial charge in [-0.15, -0.1) is 0 Å². The molecule has 1 radical (unpaired) electrons. The molecule has 2 N–H and O–H groups in total. The molecule has 0 heterocycles. The van der Waals surface area contributed by atoms with Gasteiger partial charge in [-0.05, 0) is 14.0 Å². The molecule has 0 unspecified atom stereocenters. The van der Waals surface area contributed by atoms with Crippen molar-refractivity contribution in [3.8, 4) is 0 Å².